The number of primary amides is 1. The summed E-state index contributed by atoms with van der Waals surface area (Å²) in [5, 5.41) is 24.2. The fraction of sp³-hybridized carbons (Fsp3) is 0.333. The Balaban J connectivity index is 2.78. The number of amides is 1. The number of carbonyl (C=O) groups excluding carboxylic acids is 1. The van der Waals surface area contributed by atoms with E-state index in [1.54, 1.807) is 0 Å². The van der Waals surface area contributed by atoms with Crippen LogP contribution in [0.3, 0.4) is 0 Å². The van der Waals surface area contributed by atoms with Crippen molar-refractivity contribution < 1.29 is 15.0 Å². The smallest absolute Gasteiger partial charge is 0.249 e. The van der Waals surface area contributed by atoms with Crippen molar-refractivity contribution in [2.24, 2.45) is 5.73 Å². The third-order valence-corrected chi connectivity index (χ3v) is 1.53. The van der Waals surface area contributed by atoms with Crippen molar-refractivity contribution in [3.8, 4) is 0 Å². The third kappa shape index (κ3) is 1.95. The van der Waals surface area contributed by atoms with Crippen LogP contribution in [0.4, 0.5) is 5.82 Å². The van der Waals surface area contributed by atoms with Crippen molar-refractivity contribution >= 4 is 11.7 Å². The van der Waals surface area contributed by atoms with Crippen LogP contribution in [0.2, 0.25) is 0 Å². The zero-order valence-corrected chi connectivity index (χ0v) is 6.64. The molecule has 1 aromatic heterocycles. The maximum atomic E-state index is 10.5. The quantitative estimate of drug-likeness (QED) is 0.367. The van der Waals surface area contributed by atoms with E-state index in [0.29, 0.717) is 0 Å². The van der Waals surface area contributed by atoms with E-state index in [9.17, 15) is 9.90 Å². The molecule has 0 aliphatic carbocycles. The van der Waals surface area contributed by atoms with E-state index in [4.69, 9.17) is 16.6 Å². The number of carbonyl (C=O) groups is 1. The Labute approximate surface area is 73.4 Å². The lowest BCUT2D eigenvalue weighted by molar-refractivity contribution is -0.132. The molecule has 0 spiro atoms. The predicted molar refractivity (Wildman–Crippen MR) is 43.2 cm³/mol. The van der Waals surface area contributed by atoms with Crippen LogP contribution >= 0.6 is 0 Å². The summed E-state index contributed by atoms with van der Waals surface area (Å²) in [7, 11) is 0. The van der Waals surface area contributed by atoms with Gasteiger partial charge in [-0.25, -0.2) is 0 Å². The first kappa shape index (κ1) is 9.49. The number of aromatic amines is 1. The van der Waals surface area contributed by atoms with Gasteiger partial charge in [0, 0.05) is 6.07 Å². The molecule has 72 valence electrons. The van der Waals surface area contributed by atoms with Crippen molar-refractivity contribution in [2.45, 2.75) is 12.2 Å². The normalized spacial score (nSPS) is 15.2. The molecule has 0 aliphatic rings. The van der Waals surface area contributed by atoms with Gasteiger partial charge in [0.25, 0.3) is 0 Å². The molecule has 7 N–H and O–H groups in total. The first-order valence-electron chi connectivity index (χ1n) is 3.48. The summed E-state index contributed by atoms with van der Waals surface area (Å²) in [4.78, 5) is 10.5. The van der Waals surface area contributed by atoms with Crippen LogP contribution in [-0.2, 0) is 4.79 Å². The van der Waals surface area contributed by atoms with E-state index in [1.165, 1.54) is 6.07 Å². The number of hydrogen-bond acceptors (Lipinski definition) is 5. The van der Waals surface area contributed by atoms with Gasteiger partial charge in [-0.05, 0) is 0 Å². The lowest BCUT2D eigenvalue weighted by Gasteiger charge is -2.11. The summed E-state index contributed by atoms with van der Waals surface area (Å²) in [5.41, 5.74) is 10.2. The summed E-state index contributed by atoms with van der Waals surface area (Å²) < 4.78 is 0. The molecule has 7 heteroatoms. The van der Waals surface area contributed by atoms with E-state index >= 15 is 0 Å². The summed E-state index contributed by atoms with van der Waals surface area (Å²) in [6, 6.07) is 1.30. The second-order valence-electron chi connectivity index (χ2n) is 2.54. The van der Waals surface area contributed by atoms with Gasteiger partial charge in [0.1, 0.15) is 11.9 Å². The molecule has 1 aromatic rings. The Hall–Kier alpha value is -1.60. The molecule has 0 radical (unpaired) electrons. The third-order valence-electron chi connectivity index (χ3n) is 1.53. The number of aromatic nitrogens is 2. The molecule has 0 fully saturated rings. The molecule has 2 unspecified atom stereocenters. The Kier molecular flexibility index (Phi) is 2.49. The number of hydrogen-bond donors (Lipinski definition) is 5. The second kappa shape index (κ2) is 3.42. The van der Waals surface area contributed by atoms with E-state index in [1.807, 2.05) is 0 Å². The maximum Gasteiger partial charge on any atom is 0.249 e. The Morgan fingerprint density at radius 1 is 1.62 bits per heavy atom. The van der Waals surface area contributed by atoms with Crippen molar-refractivity contribution in [1.82, 2.24) is 10.2 Å². The van der Waals surface area contributed by atoms with Gasteiger partial charge in [-0.15, -0.1) is 0 Å². The van der Waals surface area contributed by atoms with Crippen LogP contribution in [0.5, 0.6) is 0 Å². The second-order valence-corrected chi connectivity index (χ2v) is 2.54. The van der Waals surface area contributed by atoms with Crippen molar-refractivity contribution in [1.29, 1.82) is 0 Å². The minimum Gasteiger partial charge on any atom is -0.384 e. The van der Waals surface area contributed by atoms with Crippen molar-refractivity contribution in [2.75, 3.05) is 5.73 Å². The van der Waals surface area contributed by atoms with Gasteiger partial charge in [0.15, 0.2) is 6.10 Å². The highest BCUT2D eigenvalue weighted by atomic mass is 16.3. The zero-order valence-electron chi connectivity index (χ0n) is 6.64. The average Bonchev–Trinajstić information content (AvgIpc) is 2.49. The van der Waals surface area contributed by atoms with Gasteiger partial charge < -0.3 is 21.7 Å². The van der Waals surface area contributed by atoms with Crippen molar-refractivity contribution in [3.63, 3.8) is 0 Å². The molecular weight excluding hydrogens is 176 g/mol. The highest BCUT2D eigenvalue weighted by Crippen LogP contribution is 2.15. The van der Waals surface area contributed by atoms with Gasteiger partial charge in [-0.2, -0.15) is 5.10 Å². The minimum absolute atomic E-state index is 0.142. The van der Waals surface area contributed by atoms with Gasteiger partial charge in [-0.3, -0.25) is 9.89 Å². The van der Waals surface area contributed by atoms with Gasteiger partial charge in [-0.1, -0.05) is 0 Å². The van der Waals surface area contributed by atoms with Gasteiger partial charge in [0.2, 0.25) is 5.91 Å². The van der Waals surface area contributed by atoms with Crippen LogP contribution < -0.4 is 11.5 Å². The molecule has 13 heavy (non-hydrogen) atoms. The summed E-state index contributed by atoms with van der Waals surface area (Å²) >= 11 is 0. The highest BCUT2D eigenvalue weighted by molar-refractivity contribution is 5.79. The molecule has 0 bridgehead atoms. The number of nitrogens with two attached hydrogens (primary N) is 2. The van der Waals surface area contributed by atoms with Crippen LogP contribution in [0.1, 0.15) is 11.8 Å². The number of H-pyrrole nitrogens is 1. The van der Waals surface area contributed by atoms with E-state index < -0.39 is 18.1 Å². The summed E-state index contributed by atoms with van der Waals surface area (Å²) in [5.74, 6) is -0.855. The molecule has 2 atom stereocenters. The zero-order chi connectivity index (χ0) is 10.0. The summed E-state index contributed by atoms with van der Waals surface area (Å²) in [6.07, 6.45) is -3.10. The number of aliphatic hydroxyl groups excluding tert-OH is 2. The molecule has 0 aliphatic heterocycles. The SMILES string of the molecule is NC(=O)C(O)C(O)c1cc(N)n[nH]1. The van der Waals surface area contributed by atoms with Crippen molar-refractivity contribution in [3.05, 3.63) is 11.8 Å². The molecular formula is C6H10N4O3. The average molecular weight is 186 g/mol. The molecule has 1 amide bonds. The molecule has 1 heterocycles. The molecule has 1 rings (SSSR count). The first-order chi connectivity index (χ1) is 6.02. The number of anilines is 1. The monoisotopic (exact) mass is 186 g/mol. The van der Waals surface area contributed by atoms with Crippen LogP contribution in [-0.4, -0.2) is 32.4 Å². The fourth-order valence-corrected chi connectivity index (χ4v) is 0.830. The van der Waals surface area contributed by atoms with Crippen LogP contribution in [0, 0.1) is 0 Å². The molecule has 7 nitrogen and oxygen atoms in total. The first-order valence-corrected chi connectivity index (χ1v) is 3.48. The number of nitrogens with zero attached hydrogens (tertiary/aromatic N) is 1. The van der Waals surface area contributed by atoms with Crippen LogP contribution in [0.25, 0.3) is 0 Å². The molecule has 0 saturated carbocycles. The lowest BCUT2D eigenvalue weighted by atomic mass is 10.1. The molecule has 0 saturated heterocycles. The Morgan fingerprint density at radius 3 is 2.62 bits per heavy atom. The van der Waals surface area contributed by atoms with Crippen LogP contribution in [0.15, 0.2) is 6.07 Å². The minimum atomic E-state index is -1.67. The summed E-state index contributed by atoms with van der Waals surface area (Å²) in [6.45, 7) is 0. The predicted octanol–water partition coefficient (Wildman–Crippen LogP) is -2.13. The topological polar surface area (TPSA) is 138 Å². The van der Waals surface area contributed by atoms with Gasteiger partial charge in [0.05, 0.1) is 5.69 Å². The number of rotatable bonds is 3. The highest BCUT2D eigenvalue weighted by Gasteiger charge is 2.24. The van der Waals surface area contributed by atoms with E-state index in [2.05, 4.69) is 10.2 Å². The fourth-order valence-electron chi connectivity index (χ4n) is 0.830. The van der Waals surface area contributed by atoms with Gasteiger partial charge >= 0.3 is 0 Å². The van der Waals surface area contributed by atoms with E-state index in [-0.39, 0.29) is 11.5 Å². The standard InChI is InChI=1S/C6H10N4O3/c7-3-1-2(9-10-3)4(11)5(12)6(8)13/h1,4-5,11-12H,(H2,8,13)(H3,7,9,10). The number of nitrogens with one attached hydrogen (secondary N) is 1. The number of aliphatic hydroxyl groups is 2. The van der Waals surface area contributed by atoms with E-state index in [0.717, 1.165) is 0 Å². The Morgan fingerprint density at radius 2 is 2.23 bits per heavy atom. The Bertz CT molecular complexity index is 311. The maximum absolute atomic E-state index is 10.5. The number of nitrogen functional groups attached to an aromatic ring is 1. The lowest BCUT2D eigenvalue weighted by Crippen LogP contribution is -2.34. The largest absolute Gasteiger partial charge is 0.384 e. The molecule has 0 aromatic carbocycles.